The third-order valence-corrected chi connectivity index (χ3v) is 2.96. The summed E-state index contributed by atoms with van der Waals surface area (Å²) in [4.78, 5) is 2.01. The lowest BCUT2D eigenvalue weighted by Crippen LogP contribution is -2.27. The Hall–Kier alpha value is -1.09. The Kier molecular flexibility index (Phi) is 3.21. The third-order valence-electron chi connectivity index (χ3n) is 2.96. The molecule has 1 fully saturated rings. The molecule has 1 atom stereocenters. The van der Waals surface area contributed by atoms with Crippen LogP contribution in [-0.4, -0.2) is 26.7 Å². The van der Waals surface area contributed by atoms with Crippen LogP contribution in [0.2, 0.25) is 0 Å². The second kappa shape index (κ2) is 4.62. The first-order valence-corrected chi connectivity index (χ1v) is 5.44. The first-order valence-electron chi connectivity index (χ1n) is 5.44. The molecule has 1 aromatic rings. The molecule has 15 heavy (non-hydrogen) atoms. The first-order chi connectivity index (χ1) is 7.27. The van der Waals surface area contributed by atoms with E-state index in [1.807, 2.05) is 24.1 Å². The van der Waals surface area contributed by atoms with Gasteiger partial charge in [-0.2, -0.15) is 0 Å². The molecular formula is C12H17FN2. The van der Waals surface area contributed by atoms with Crippen LogP contribution < -0.4 is 10.2 Å². The van der Waals surface area contributed by atoms with Crippen LogP contribution in [0.1, 0.15) is 6.42 Å². The predicted octanol–water partition coefficient (Wildman–Crippen LogP) is 1.87. The minimum atomic E-state index is -0.133. The van der Waals surface area contributed by atoms with Gasteiger partial charge in [0.25, 0.3) is 0 Å². The summed E-state index contributed by atoms with van der Waals surface area (Å²) in [6.45, 7) is 3.07. The van der Waals surface area contributed by atoms with E-state index in [0.717, 1.165) is 19.6 Å². The van der Waals surface area contributed by atoms with E-state index in [4.69, 9.17) is 0 Å². The van der Waals surface area contributed by atoms with E-state index in [1.165, 1.54) is 12.5 Å². The Morgan fingerprint density at radius 3 is 2.93 bits per heavy atom. The van der Waals surface area contributed by atoms with Crippen LogP contribution in [0.25, 0.3) is 0 Å². The summed E-state index contributed by atoms with van der Waals surface area (Å²) in [6, 6.07) is 6.95. The minimum absolute atomic E-state index is 0.133. The fourth-order valence-corrected chi connectivity index (χ4v) is 2.12. The summed E-state index contributed by atoms with van der Waals surface area (Å²) in [5.41, 5.74) is 0.699. The quantitative estimate of drug-likeness (QED) is 0.815. The molecule has 1 saturated heterocycles. The number of benzene rings is 1. The largest absolute Gasteiger partial charge is 0.372 e. The van der Waals surface area contributed by atoms with Gasteiger partial charge in [-0.1, -0.05) is 12.1 Å². The highest BCUT2D eigenvalue weighted by molar-refractivity contribution is 5.46. The summed E-state index contributed by atoms with van der Waals surface area (Å²) >= 11 is 0. The van der Waals surface area contributed by atoms with Crippen LogP contribution in [0.15, 0.2) is 24.3 Å². The number of nitrogens with one attached hydrogen (secondary N) is 1. The number of hydrogen-bond donors (Lipinski definition) is 1. The van der Waals surface area contributed by atoms with Crippen LogP contribution >= 0.6 is 0 Å². The van der Waals surface area contributed by atoms with Crippen molar-refractivity contribution in [1.29, 1.82) is 0 Å². The normalized spacial score (nSPS) is 20.5. The van der Waals surface area contributed by atoms with Crippen molar-refractivity contribution in [2.45, 2.75) is 6.42 Å². The lowest BCUT2D eigenvalue weighted by Gasteiger charge is -2.23. The number of rotatable bonds is 3. The van der Waals surface area contributed by atoms with E-state index < -0.39 is 0 Å². The first kappa shape index (κ1) is 10.4. The molecule has 1 N–H and O–H groups in total. The van der Waals surface area contributed by atoms with E-state index in [2.05, 4.69) is 5.32 Å². The van der Waals surface area contributed by atoms with E-state index in [1.54, 1.807) is 6.07 Å². The van der Waals surface area contributed by atoms with Crippen LogP contribution in [-0.2, 0) is 0 Å². The molecule has 0 amide bonds. The molecule has 0 spiro atoms. The van der Waals surface area contributed by atoms with Gasteiger partial charge in [0, 0.05) is 13.6 Å². The lowest BCUT2D eigenvalue weighted by molar-refractivity contribution is 0.565. The Bertz CT molecular complexity index is 321. The minimum Gasteiger partial charge on any atom is -0.372 e. The van der Waals surface area contributed by atoms with Gasteiger partial charge in [-0.25, -0.2) is 4.39 Å². The predicted molar refractivity (Wildman–Crippen MR) is 60.6 cm³/mol. The molecule has 2 rings (SSSR count). The zero-order valence-electron chi connectivity index (χ0n) is 9.04. The molecule has 0 aliphatic carbocycles. The number of anilines is 1. The zero-order chi connectivity index (χ0) is 10.7. The molecular weight excluding hydrogens is 191 g/mol. The van der Waals surface area contributed by atoms with Crippen molar-refractivity contribution in [2.75, 3.05) is 31.6 Å². The summed E-state index contributed by atoms with van der Waals surface area (Å²) in [5, 5.41) is 3.32. The van der Waals surface area contributed by atoms with Crippen LogP contribution in [0.3, 0.4) is 0 Å². The molecule has 0 bridgehead atoms. The van der Waals surface area contributed by atoms with Crippen molar-refractivity contribution in [3.05, 3.63) is 30.1 Å². The average Bonchev–Trinajstić information content (AvgIpc) is 2.71. The van der Waals surface area contributed by atoms with Crippen LogP contribution in [0.5, 0.6) is 0 Å². The average molecular weight is 208 g/mol. The van der Waals surface area contributed by atoms with Crippen LogP contribution in [0, 0.1) is 11.7 Å². The van der Waals surface area contributed by atoms with Crippen molar-refractivity contribution >= 4 is 5.69 Å². The Morgan fingerprint density at radius 2 is 2.27 bits per heavy atom. The van der Waals surface area contributed by atoms with Crippen molar-refractivity contribution in [3.8, 4) is 0 Å². The van der Waals surface area contributed by atoms with Gasteiger partial charge < -0.3 is 10.2 Å². The SMILES string of the molecule is CN(CC1CCNC1)c1ccccc1F. The molecule has 0 radical (unpaired) electrons. The van der Waals surface area contributed by atoms with E-state index >= 15 is 0 Å². The number of halogens is 1. The van der Waals surface area contributed by atoms with Gasteiger partial charge in [-0.05, 0) is 37.6 Å². The van der Waals surface area contributed by atoms with E-state index in [9.17, 15) is 4.39 Å². The molecule has 1 aliphatic rings. The van der Waals surface area contributed by atoms with Crippen molar-refractivity contribution in [2.24, 2.45) is 5.92 Å². The fraction of sp³-hybridized carbons (Fsp3) is 0.500. The molecule has 82 valence electrons. The van der Waals surface area contributed by atoms with Gasteiger partial charge >= 0.3 is 0 Å². The summed E-state index contributed by atoms with van der Waals surface area (Å²) in [6.07, 6.45) is 1.19. The topological polar surface area (TPSA) is 15.3 Å². The maximum atomic E-state index is 13.5. The molecule has 0 aromatic heterocycles. The molecule has 3 heteroatoms. The Morgan fingerprint density at radius 1 is 1.47 bits per heavy atom. The highest BCUT2D eigenvalue weighted by Gasteiger charge is 2.17. The van der Waals surface area contributed by atoms with Crippen molar-refractivity contribution in [1.82, 2.24) is 5.32 Å². The number of para-hydroxylation sites is 1. The fourth-order valence-electron chi connectivity index (χ4n) is 2.12. The second-order valence-electron chi connectivity index (χ2n) is 4.19. The summed E-state index contributed by atoms with van der Waals surface area (Å²) < 4.78 is 13.5. The van der Waals surface area contributed by atoms with Crippen molar-refractivity contribution < 1.29 is 4.39 Å². The maximum Gasteiger partial charge on any atom is 0.146 e. The molecule has 1 aromatic carbocycles. The summed E-state index contributed by atoms with van der Waals surface area (Å²) in [5.74, 6) is 0.514. The molecule has 0 saturated carbocycles. The van der Waals surface area contributed by atoms with Crippen molar-refractivity contribution in [3.63, 3.8) is 0 Å². The maximum absolute atomic E-state index is 13.5. The Balaban J connectivity index is 2.00. The van der Waals surface area contributed by atoms with E-state index in [0.29, 0.717) is 11.6 Å². The van der Waals surface area contributed by atoms with Gasteiger partial charge in [-0.3, -0.25) is 0 Å². The summed E-state index contributed by atoms with van der Waals surface area (Å²) in [7, 11) is 1.96. The highest BCUT2D eigenvalue weighted by atomic mass is 19.1. The third kappa shape index (κ3) is 2.48. The van der Waals surface area contributed by atoms with Gasteiger partial charge in [0.2, 0.25) is 0 Å². The van der Waals surface area contributed by atoms with Gasteiger partial charge in [0.15, 0.2) is 0 Å². The Labute approximate surface area is 90.1 Å². The smallest absolute Gasteiger partial charge is 0.146 e. The van der Waals surface area contributed by atoms with E-state index in [-0.39, 0.29) is 5.82 Å². The van der Waals surface area contributed by atoms with Gasteiger partial charge in [0.05, 0.1) is 5.69 Å². The molecule has 1 heterocycles. The molecule has 2 nitrogen and oxygen atoms in total. The van der Waals surface area contributed by atoms with Gasteiger partial charge in [-0.15, -0.1) is 0 Å². The number of hydrogen-bond acceptors (Lipinski definition) is 2. The second-order valence-corrected chi connectivity index (χ2v) is 4.19. The lowest BCUT2D eigenvalue weighted by atomic mass is 10.1. The monoisotopic (exact) mass is 208 g/mol. The standard InChI is InChI=1S/C12H17FN2/c1-15(9-10-6-7-14-8-10)12-5-3-2-4-11(12)13/h2-5,10,14H,6-9H2,1H3. The molecule has 1 aliphatic heterocycles. The zero-order valence-corrected chi connectivity index (χ0v) is 9.04. The van der Waals surface area contributed by atoms with Gasteiger partial charge in [0.1, 0.15) is 5.82 Å². The highest BCUT2D eigenvalue weighted by Crippen LogP contribution is 2.19. The number of nitrogens with zero attached hydrogens (tertiary/aromatic N) is 1. The van der Waals surface area contributed by atoms with Crippen LogP contribution in [0.4, 0.5) is 10.1 Å². The molecule has 1 unspecified atom stereocenters.